The van der Waals surface area contributed by atoms with Crippen molar-refractivity contribution in [1.82, 2.24) is 4.90 Å². The van der Waals surface area contributed by atoms with Gasteiger partial charge in [-0.25, -0.2) is 0 Å². The summed E-state index contributed by atoms with van der Waals surface area (Å²) in [6.45, 7) is 1.48. The number of hydrogen-bond acceptors (Lipinski definition) is 4. The summed E-state index contributed by atoms with van der Waals surface area (Å²) in [5, 5.41) is 11.0. The van der Waals surface area contributed by atoms with Crippen LogP contribution in [-0.4, -0.2) is 43.4 Å². The van der Waals surface area contributed by atoms with Gasteiger partial charge in [-0.1, -0.05) is 42.2 Å². The topological polar surface area (TPSA) is 41.9 Å². The van der Waals surface area contributed by atoms with Crippen molar-refractivity contribution in [2.75, 3.05) is 27.8 Å². The summed E-state index contributed by atoms with van der Waals surface area (Å²) in [5.41, 5.74) is 2.72. The normalized spacial score (nSPS) is 15.2. The molecule has 0 unspecified atom stereocenters. The first-order chi connectivity index (χ1) is 13.5. The average Bonchev–Trinajstić information content (AvgIpc) is 2.87. The van der Waals surface area contributed by atoms with Gasteiger partial charge in [0.2, 0.25) is 0 Å². The van der Waals surface area contributed by atoms with E-state index in [1.165, 1.54) is 16.7 Å². The Morgan fingerprint density at radius 1 is 1.00 bits per heavy atom. The molecular formula is C24H29NO3. The van der Waals surface area contributed by atoms with Crippen LogP contribution >= 0.6 is 0 Å². The maximum absolute atomic E-state index is 11.0. The maximum Gasteiger partial charge on any atom is 0.161 e. The van der Waals surface area contributed by atoms with Gasteiger partial charge in [0, 0.05) is 6.54 Å². The van der Waals surface area contributed by atoms with Gasteiger partial charge in [0.15, 0.2) is 11.5 Å². The molecule has 0 bridgehead atoms. The third kappa shape index (κ3) is 5.07. The van der Waals surface area contributed by atoms with E-state index in [4.69, 9.17) is 9.47 Å². The van der Waals surface area contributed by atoms with Crippen LogP contribution in [0.3, 0.4) is 0 Å². The first kappa shape index (κ1) is 20.3. The molecule has 0 fully saturated rings. The van der Waals surface area contributed by atoms with Crippen molar-refractivity contribution in [3.8, 4) is 23.3 Å². The van der Waals surface area contributed by atoms with E-state index >= 15 is 0 Å². The quantitative estimate of drug-likeness (QED) is 0.638. The standard InChI is InChI=1S/C24H29NO3/c1-25(18-19-8-5-4-6-9-19)15-7-12-24(26)13-10-20-16-22(27-2)23(28-3)17-21(20)11-14-24/h4-6,8-9,16-17,26H,10-11,13-15,18H2,1-3H3. The fourth-order valence-electron chi connectivity index (χ4n) is 3.65. The molecule has 0 aromatic heterocycles. The molecule has 0 aliphatic heterocycles. The zero-order valence-corrected chi connectivity index (χ0v) is 17.0. The molecule has 2 aromatic carbocycles. The van der Waals surface area contributed by atoms with Crippen LogP contribution in [0.5, 0.6) is 11.5 Å². The van der Waals surface area contributed by atoms with E-state index in [0.29, 0.717) is 19.4 Å². The largest absolute Gasteiger partial charge is 0.493 e. The number of aryl methyl sites for hydroxylation is 2. The highest BCUT2D eigenvalue weighted by Gasteiger charge is 2.28. The van der Waals surface area contributed by atoms with E-state index in [1.54, 1.807) is 14.2 Å². The molecule has 148 valence electrons. The summed E-state index contributed by atoms with van der Waals surface area (Å²) in [5.74, 6) is 7.81. The Morgan fingerprint density at radius 3 is 2.11 bits per heavy atom. The number of methoxy groups -OCH3 is 2. The minimum Gasteiger partial charge on any atom is -0.493 e. The molecule has 3 rings (SSSR count). The van der Waals surface area contributed by atoms with E-state index in [0.717, 1.165) is 30.9 Å². The molecule has 0 heterocycles. The van der Waals surface area contributed by atoms with Gasteiger partial charge in [-0.3, -0.25) is 4.90 Å². The minimum atomic E-state index is -0.951. The molecule has 0 amide bonds. The minimum absolute atomic E-state index is 0.630. The van der Waals surface area contributed by atoms with Crippen LogP contribution in [0.25, 0.3) is 0 Å². The van der Waals surface area contributed by atoms with E-state index < -0.39 is 5.60 Å². The molecule has 28 heavy (non-hydrogen) atoms. The van der Waals surface area contributed by atoms with Crippen LogP contribution in [0.15, 0.2) is 42.5 Å². The van der Waals surface area contributed by atoms with Crippen LogP contribution in [0.1, 0.15) is 29.5 Å². The van der Waals surface area contributed by atoms with Crippen LogP contribution in [0, 0.1) is 11.8 Å². The number of fused-ring (bicyclic) bond motifs is 1. The number of hydrogen-bond donors (Lipinski definition) is 1. The van der Waals surface area contributed by atoms with Crippen molar-refractivity contribution in [1.29, 1.82) is 0 Å². The molecule has 0 spiro atoms. The number of benzene rings is 2. The third-order valence-electron chi connectivity index (χ3n) is 5.29. The van der Waals surface area contributed by atoms with Gasteiger partial charge in [0.1, 0.15) is 5.60 Å². The lowest BCUT2D eigenvalue weighted by Gasteiger charge is -2.20. The van der Waals surface area contributed by atoms with Crippen LogP contribution in [-0.2, 0) is 19.4 Å². The summed E-state index contributed by atoms with van der Waals surface area (Å²) in [6.07, 6.45) is 2.82. The lowest BCUT2D eigenvalue weighted by Crippen LogP contribution is -2.27. The number of nitrogens with zero attached hydrogens (tertiary/aromatic N) is 1. The molecule has 4 nitrogen and oxygen atoms in total. The first-order valence-electron chi connectivity index (χ1n) is 9.71. The summed E-state index contributed by atoms with van der Waals surface area (Å²) in [7, 11) is 5.34. The highest BCUT2D eigenvalue weighted by molar-refractivity contribution is 5.48. The zero-order chi connectivity index (χ0) is 20.0. The van der Waals surface area contributed by atoms with E-state index in [1.807, 2.05) is 37.4 Å². The molecule has 0 atom stereocenters. The zero-order valence-electron chi connectivity index (χ0n) is 17.0. The van der Waals surface area contributed by atoms with Gasteiger partial charge in [0.05, 0.1) is 20.8 Å². The Morgan fingerprint density at radius 2 is 1.57 bits per heavy atom. The molecule has 2 aromatic rings. The van der Waals surface area contributed by atoms with E-state index in [-0.39, 0.29) is 0 Å². The molecule has 1 aliphatic rings. The van der Waals surface area contributed by atoms with Crippen LogP contribution in [0.4, 0.5) is 0 Å². The third-order valence-corrected chi connectivity index (χ3v) is 5.29. The fourth-order valence-corrected chi connectivity index (χ4v) is 3.65. The Balaban J connectivity index is 1.63. The summed E-state index contributed by atoms with van der Waals surface area (Å²) < 4.78 is 10.8. The molecule has 0 radical (unpaired) electrons. The maximum atomic E-state index is 11.0. The molecule has 0 saturated carbocycles. The van der Waals surface area contributed by atoms with Gasteiger partial charge in [-0.2, -0.15) is 0 Å². The number of rotatable bonds is 5. The average molecular weight is 380 g/mol. The second-order valence-electron chi connectivity index (χ2n) is 7.47. The molecule has 1 aliphatic carbocycles. The van der Waals surface area contributed by atoms with Gasteiger partial charge >= 0.3 is 0 Å². The lowest BCUT2D eigenvalue weighted by atomic mass is 9.94. The van der Waals surface area contributed by atoms with Crippen molar-refractivity contribution in [2.24, 2.45) is 0 Å². The SMILES string of the molecule is COc1cc2c(cc1OC)CCC(O)(C#CCN(C)Cc1ccccc1)CC2. The highest BCUT2D eigenvalue weighted by atomic mass is 16.5. The predicted molar refractivity (Wildman–Crippen MR) is 112 cm³/mol. The monoisotopic (exact) mass is 379 g/mol. The fraction of sp³-hybridized carbons (Fsp3) is 0.417. The molecular weight excluding hydrogens is 350 g/mol. The molecule has 4 heteroatoms. The van der Waals surface area contributed by atoms with Crippen LogP contribution in [0.2, 0.25) is 0 Å². The van der Waals surface area contributed by atoms with Gasteiger partial charge in [-0.15, -0.1) is 0 Å². The summed E-state index contributed by atoms with van der Waals surface area (Å²) >= 11 is 0. The Kier molecular flexibility index (Phi) is 6.61. The Bertz CT molecular complexity index is 816. The van der Waals surface area contributed by atoms with Gasteiger partial charge < -0.3 is 14.6 Å². The Labute approximate surface area is 168 Å². The smallest absolute Gasteiger partial charge is 0.161 e. The highest BCUT2D eigenvalue weighted by Crippen LogP contribution is 2.35. The lowest BCUT2D eigenvalue weighted by molar-refractivity contribution is 0.0856. The number of aliphatic hydroxyl groups is 1. The van der Waals surface area contributed by atoms with E-state index in [9.17, 15) is 5.11 Å². The van der Waals surface area contributed by atoms with Crippen molar-refractivity contribution in [2.45, 2.75) is 37.8 Å². The van der Waals surface area contributed by atoms with Crippen molar-refractivity contribution < 1.29 is 14.6 Å². The summed E-state index contributed by atoms with van der Waals surface area (Å²) in [4.78, 5) is 2.16. The second kappa shape index (κ2) is 9.14. The van der Waals surface area contributed by atoms with E-state index in [2.05, 4.69) is 28.9 Å². The van der Waals surface area contributed by atoms with Crippen molar-refractivity contribution in [3.63, 3.8) is 0 Å². The van der Waals surface area contributed by atoms with Gasteiger partial charge in [0.25, 0.3) is 0 Å². The Hall–Kier alpha value is -2.48. The van der Waals surface area contributed by atoms with Crippen molar-refractivity contribution >= 4 is 0 Å². The van der Waals surface area contributed by atoms with Crippen LogP contribution < -0.4 is 9.47 Å². The number of ether oxygens (including phenoxy) is 2. The van der Waals surface area contributed by atoms with Gasteiger partial charge in [-0.05, 0) is 61.6 Å². The second-order valence-corrected chi connectivity index (χ2v) is 7.47. The predicted octanol–water partition coefficient (Wildman–Crippen LogP) is 3.45. The first-order valence-corrected chi connectivity index (χ1v) is 9.71. The van der Waals surface area contributed by atoms with Crippen molar-refractivity contribution in [3.05, 3.63) is 59.2 Å². The summed E-state index contributed by atoms with van der Waals surface area (Å²) in [6, 6.07) is 14.4. The molecule has 0 saturated heterocycles. The molecule has 1 N–H and O–H groups in total.